The maximum absolute atomic E-state index is 11.9. The van der Waals surface area contributed by atoms with Gasteiger partial charge in [0.25, 0.3) is 0 Å². The van der Waals surface area contributed by atoms with Crippen LogP contribution in [0.5, 0.6) is 11.5 Å². The molecule has 2 aliphatic heterocycles. The molecule has 1 aromatic carbocycles. The van der Waals surface area contributed by atoms with Gasteiger partial charge < -0.3 is 19.5 Å². The predicted octanol–water partition coefficient (Wildman–Crippen LogP) is 0.692. The Bertz CT molecular complexity index is 541. The van der Waals surface area contributed by atoms with Crippen molar-refractivity contribution in [2.45, 2.75) is 6.54 Å². The smallest absolute Gasteiger partial charge is 0.203 e. The highest BCUT2D eigenvalue weighted by Gasteiger charge is 2.27. The summed E-state index contributed by atoms with van der Waals surface area (Å²) in [6.45, 7) is 5.81. The summed E-state index contributed by atoms with van der Waals surface area (Å²) in [5, 5.41) is 3.34. The molecule has 0 saturated carbocycles. The van der Waals surface area contributed by atoms with Crippen molar-refractivity contribution >= 4 is 5.78 Å². The molecule has 0 radical (unpaired) electrons. The van der Waals surface area contributed by atoms with Crippen molar-refractivity contribution < 1.29 is 19.0 Å². The standard InChI is InChI=1S/C16H22N2O4/c1-20-8-9-21-15-3-2-12-14(19)11-22-16(12)13(15)10-18-6-4-17-5-7-18/h2-3,17H,4-11H2,1H3. The normalized spacial score (nSPS) is 18.1. The SMILES string of the molecule is COCCOc1ccc2c(c1CN1CCNCC1)OCC2=O. The van der Waals surface area contributed by atoms with Crippen molar-refractivity contribution in [3.8, 4) is 11.5 Å². The Kier molecular flexibility index (Phi) is 4.92. The van der Waals surface area contributed by atoms with Crippen LogP contribution in [0.25, 0.3) is 0 Å². The molecule has 0 unspecified atom stereocenters. The Morgan fingerprint density at radius 3 is 2.86 bits per heavy atom. The number of rotatable bonds is 6. The van der Waals surface area contributed by atoms with Gasteiger partial charge in [0.05, 0.1) is 17.7 Å². The zero-order valence-electron chi connectivity index (χ0n) is 12.9. The van der Waals surface area contributed by atoms with Crippen LogP contribution in [0.15, 0.2) is 12.1 Å². The number of Topliss-reactive ketones (excluding diaryl/α,β-unsaturated/α-hetero) is 1. The summed E-state index contributed by atoms with van der Waals surface area (Å²) < 4.78 is 16.5. The van der Waals surface area contributed by atoms with Gasteiger partial charge in [-0.3, -0.25) is 9.69 Å². The Balaban J connectivity index is 1.83. The maximum Gasteiger partial charge on any atom is 0.203 e. The molecule has 6 heteroatoms. The fourth-order valence-electron chi connectivity index (χ4n) is 2.82. The molecule has 0 spiro atoms. The van der Waals surface area contributed by atoms with Gasteiger partial charge in [-0.05, 0) is 12.1 Å². The molecule has 22 heavy (non-hydrogen) atoms. The van der Waals surface area contributed by atoms with Crippen LogP contribution in [-0.2, 0) is 11.3 Å². The number of carbonyl (C=O) groups is 1. The third-order valence-corrected chi connectivity index (χ3v) is 4.00. The summed E-state index contributed by atoms with van der Waals surface area (Å²) in [5.41, 5.74) is 1.64. The van der Waals surface area contributed by atoms with E-state index in [2.05, 4.69) is 10.2 Å². The van der Waals surface area contributed by atoms with Gasteiger partial charge in [0.2, 0.25) is 5.78 Å². The molecule has 2 heterocycles. The third-order valence-electron chi connectivity index (χ3n) is 4.00. The van der Waals surface area contributed by atoms with E-state index in [1.807, 2.05) is 6.07 Å². The Hall–Kier alpha value is -1.63. The second-order valence-electron chi connectivity index (χ2n) is 5.50. The number of carbonyl (C=O) groups excluding carboxylic acids is 1. The molecule has 0 aliphatic carbocycles. The number of methoxy groups -OCH3 is 1. The zero-order chi connectivity index (χ0) is 15.4. The van der Waals surface area contributed by atoms with Gasteiger partial charge in [0, 0.05) is 39.8 Å². The van der Waals surface area contributed by atoms with E-state index in [0.717, 1.165) is 44.0 Å². The first-order chi connectivity index (χ1) is 10.8. The highest BCUT2D eigenvalue weighted by molar-refractivity contribution is 6.03. The lowest BCUT2D eigenvalue weighted by molar-refractivity contribution is 0.0960. The summed E-state index contributed by atoms with van der Waals surface area (Å²) in [7, 11) is 1.65. The van der Waals surface area contributed by atoms with E-state index in [1.165, 1.54) is 0 Å². The fourth-order valence-corrected chi connectivity index (χ4v) is 2.82. The number of nitrogens with zero attached hydrogens (tertiary/aromatic N) is 1. The van der Waals surface area contributed by atoms with Crippen LogP contribution < -0.4 is 14.8 Å². The molecule has 6 nitrogen and oxygen atoms in total. The van der Waals surface area contributed by atoms with Crippen molar-refractivity contribution in [3.63, 3.8) is 0 Å². The van der Waals surface area contributed by atoms with Crippen LogP contribution in [-0.4, -0.2) is 63.8 Å². The van der Waals surface area contributed by atoms with Gasteiger partial charge in [-0.15, -0.1) is 0 Å². The van der Waals surface area contributed by atoms with Crippen LogP contribution in [0.4, 0.5) is 0 Å². The van der Waals surface area contributed by atoms with Crippen molar-refractivity contribution in [2.75, 3.05) is 53.1 Å². The first-order valence-corrected chi connectivity index (χ1v) is 7.66. The van der Waals surface area contributed by atoms with Crippen LogP contribution in [0.2, 0.25) is 0 Å². The molecule has 1 aromatic rings. The molecule has 2 aliphatic rings. The Labute approximate surface area is 130 Å². The lowest BCUT2D eigenvalue weighted by Gasteiger charge is -2.28. The summed E-state index contributed by atoms with van der Waals surface area (Å²) in [6, 6.07) is 3.67. The number of piperazine rings is 1. The molecule has 1 fully saturated rings. The van der Waals surface area contributed by atoms with Crippen molar-refractivity contribution in [2.24, 2.45) is 0 Å². The average molecular weight is 306 g/mol. The quantitative estimate of drug-likeness (QED) is 0.781. The first-order valence-electron chi connectivity index (χ1n) is 7.66. The number of ether oxygens (including phenoxy) is 3. The minimum atomic E-state index is 0.0417. The predicted molar refractivity (Wildman–Crippen MR) is 81.8 cm³/mol. The van der Waals surface area contributed by atoms with E-state index in [9.17, 15) is 4.79 Å². The molecule has 120 valence electrons. The second-order valence-corrected chi connectivity index (χ2v) is 5.50. The second kappa shape index (κ2) is 7.09. The van der Waals surface area contributed by atoms with E-state index in [1.54, 1.807) is 13.2 Å². The molecule has 0 bridgehead atoms. The van der Waals surface area contributed by atoms with Gasteiger partial charge in [0.1, 0.15) is 18.1 Å². The number of benzene rings is 1. The van der Waals surface area contributed by atoms with Crippen molar-refractivity contribution in [1.29, 1.82) is 0 Å². The van der Waals surface area contributed by atoms with Gasteiger partial charge in [-0.1, -0.05) is 0 Å². The van der Waals surface area contributed by atoms with Crippen LogP contribution in [0.1, 0.15) is 15.9 Å². The molecule has 3 rings (SSSR count). The molecule has 0 amide bonds. The number of hydrogen-bond acceptors (Lipinski definition) is 6. The molecule has 0 aromatic heterocycles. The van der Waals surface area contributed by atoms with Gasteiger partial charge >= 0.3 is 0 Å². The van der Waals surface area contributed by atoms with Crippen molar-refractivity contribution in [1.82, 2.24) is 10.2 Å². The van der Waals surface area contributed by atoms with Crippen LogP contribution in [0.3, 0.4) is 0 Å². The first kappa shape index (κ1) is 15.3. The fraction of sp³-hybridized carbons (Fsp3) is 0.562. The van der Waals surface area contributed by atoms with E-state index in [0.29, 0.717) is 24.5 Å². The Morgan fingerprint density at radius 1 is 1.27 bits per heavy atom. The van der Waals surface area contributed by atoms with Gasteiger partial charge in [0.15, 0.2) is 6.61 Å². The lowest BCUT2D eigenvalue weighted by Crippen LogP contribution is -2.43. The maximum atomic E-state index is 11.9. The lowest BCUT2D eigenvalue weighted by atomic mass is 10.1. The summed E-state index contributed by atoms with van der Waals surface area (Å²) in [6.07, 6.45) is 0. The summed E-state index contributed by atoms with van der Waals surface area (Å²) >= 11 is 0. The van der Waals surface area contributed by atoms with E-state index < -0.39 is 0 Å². The summed E-state index contributed by atoms with van der Waals surface area (Å²) in [5.74, 6) is 1.52. The third kappa shape index (κ3) is 3.24. The van der Waals surface area contributed by atoms with Crippen LogP contribution in [0, 0.1) is 0 Å². The van der Waals surface area contributed by atoms with E-state index in [-0.39, 0.29) is 12.4 Å². The largest absolute Gasteiger partial charge is 0.491 e. The van der Waals surface area contributed by atoms with Crippen molar-refractivity contribution in [3.05, 3.63) is 23.3 Å². The number of hydrogen-bond donors (Lipinski definition) is 1. The topological polar surface area (TPSA) is 60.0 Å². The van der Waals surface area contributed by atoms with Gasteiger partial charge in [-0.2, -0.15) is 0 Å². The molecule has 1 N–H and O–H groups in total. The summed E-state index contributed by atoms with van der Waals surface area (Å²) in [4.78, 5) is 14.2. The minimum absolute atomic E-state index is 0.0417. The van der Waals surface area contributed by atoms with Crippen LogP contribution >= 0.6 is 0 Å². The molecular formula is C16H22N2O4. The number of ketones is 1. The molecule has 1 saturated heterocycles. The van der Waals surface area contributed by atoms with E-state index >= 15 is 0 Å². The Morgan fingerprint density at radius 2 is 2.09 bits per heavy atom. The molecular weight excluding hydrogens is 284 g/mol. The zero-order valence-corrected chi connectivity index (χ0v) is 12.9. The van der Waals surface area contributed by atoms with E-state index in [4.69, 9.17) is 14.2 Å². The molecule has 0 atom stereocenters. The number of nitrogens with one attached hydrogen (secondary N) is 1. The van der Waals surface area contributed by atoms with Gasteiger partial charge in [-0.25, -0.2) is 0 Å². The monoisotopic (exact) mass is 306 g/mol. The average Bonchev–Trinajstić information content (AvgIpc) is 2.92. The number of fused-ring (bicyclic) bond motifs is 1. The minimum Gasteiger partial charge on any atom is -0.491 e. The highest BCUT2D eigenvalue weighted by atomic mass is 16.5. The highest BCUT2D eigenvalue weighted by Crippen LogP contribution is 2.37.